The molecule has 0 saturated heterocycles. The Morgan fingerprint density at radius 2 is 0.644 bits per heavy atom. The molecule has 1 unspecified atom stereocenters. The van der Waals surface area contributed by atoms with Crippen LogP contribution in [0.2, 0.25) is 0 Å². The van der Waals surface area contributed by atoms with Gasteiger partial charge in [-0.2, -0.15) is 0 Å². The van der Waals surface area contributed by atoms with Crippen molar-refractivity contribution in [2.24, 2.45) is 0 Å². The van der Waals surface area contributed by atoms with Crippen molar-refractivity contribution in [2.75, 3.05) is 13.2 Å². The summed E-state index contributed by atoms with van der Waals surface area (Å²) in [5.74, 6) is -0.927. The number of ether oxygens (including phenoxy) is 3. The van der Waals surface area contributed by atoms with E-state index in [1.165, 1.54) is 103 Å². The van der Waals surface area contributed by atoms with Crippen molar-refractivity contribution in [1.82, 2.24) is 0 Å². The van der Waals surface area contributed by atoms with E-state index in [1.54, 1.807) is 0 Å². The molecule has 0 aromatic heterocycles. The Morgan fingerprint density at radius 3 is 1.07 bits per heavy atom. The van der Waals surface area contributed by atoms with Gasteiger partial charge >= 0.3 is 17.9 Å². The lowest BCUT2D eigenvalue weighted by molar-refractivity contribution is -0.167. The molecule has 0 radical (unpaired) electrons. The van der Waals surface area contributed by atoms with Gasteiger partial charge in [-0.3, -0.25) is 14.4 Å². The van der Waals surface area contributed by atoms with Crippen LogP contribution in [0.25, 0.3) is 0 Å². The summed E-state index contributed by atoms with van der Waals surface area (Å²) in [4.78, 5) is 37.8. The zero-order valence-electron chi connectivity index (χ0n) is 38.8. The number of carbonyl (C=O) groups is 3. The molecule has 0 aliphatic carbocycles. The summed E-state index contributed by atoms with van der Waals surface area (Å²) in [6.45, 7) is 6.52. The van der Waals surface area contributed by atoms with E-state index in [0.29, 0.717) is 19.3 Å². The minimum Gasteiger partial charge on any atom is -0.462 e. The Kier molecular flexibility index (Phi) is 45.4. The first kappa shape index (κ1) is 56.1. The minimum absolute atomic E-state index is 0.0890. The van der Waals surface area contributed by atoms with Crippen LogP contribution in [0, 0.1) is 0 Å². The van der Waals surface area contributed by atoms with Crippen molar-refractivity contribution in [3.63, 3.8) is 0 Å². The summed E-state index contributed by atoms with van der Waals surface area (Å²) in [7, 11) is 0. The van der Waals surface area contributed by atoms with Crippen molar-refractivity contribution in [2.45, 2.75) is 245 Å². The standard InChI is InChI=1S/C53H92O6/c1-4-7-10-13-16-19-22-24-25-26-27-28-29-32-34-37-40-43-46-52(55)58-49-50(48-57-51(54)45-42-39-36-33-30-21-18-15-12-9-6-3)59-53(56)47-44-41-38-35-31-23-20-17-14-11-8-5-2/h15,17-18,20,22,24-28,50H,4-14,16,19,21,23,29-49H2,1-3H3/b18-15-,20-17-,24-22-,26-25-,28-27-. The lowest BCUT2D eigenvalue weighted by atomic mass is 10.1. The predicted octanol–water partition coefficient (Wildman–Crippen LogP) is 16.1. The number of allylic oxidation sites excluding steroid dienone is 10. The molecule has 0 aliphatic rings. The minimum atomic E-state index is -0.788. The van der Waals surface area contributed by atoms with E-state index >= 15 is 0 Å². The number of hydrogen-bond acceptors (Lipinski definition) is 6. The summed E-state index contributed by atoms with van der Waals surface area (Å²) >= 11 is 0. The van der Waals surface area contributed by atoms with Crippen molar-refractivity contribution in [3.8, 4) is 0 Å². The van der Waals surface area contributed by atoms with Gasteiger partial charge in [0.25, 0.3) is 0 Å². The average Bonchev–Trinajstić information content (AvgIpc) is 3.23. The summed E-state index contributed by atoms with van der Waals surface area (Å²) < 4.78 is 16.7. The van der Waals surface area contributed by atoms with Crippen LogP contribution in [0.15, 0.2) is 60.8 Å². The normalized spacial score (nSPS) is 12.5. The fraction of sp³-hybridized carbons (Fsp3) is 0.755. The second-order valence-electron chi connectivity index (χ2n) is 16.4. The first-order valence-corrected chi connectivity index (χ1v) is 24.8. The van der Waals surface area contributed by atoms with E-state index in [9.17, 15) is 14.4 Å². The van der Waals surface area contributed by atoms with Gasteiger partial charge in [-0.1, -0.05) is 191 Å². The number of esters is 3. The van der Waals surface area contributed by atoms with Gasteiger partial charge in [0.2, 0.25) is 0 Å². The highest BCUT2D eigenvalue weighted by Gasteiger charge is 2.19. The fourth-order valence-corrected chi connectivity index (χ4v) is 6.71. The van der Waals surface area contributed by atoms with Crippen molar-refractivity contribution < 1.29 is 28.6 Å². The van der Waals surface area contributed by atoms with Gasteiger partial charge in [-0.25, -0.2) is 0 Å². The third-order valence-corrected chi connectivity index (χ3v) is 10.5. The van der Waals surface area contributed by atoms with Crippen LogP contribution in [0.5, 0.6) is 0 Å². The van der Waals surface area contributed by atoms with Crippen molar-refractivity contribution in [3.05, 3.63) is 60.8 Å². The molecule has 0 saturated carbocycles. The van der Waals surface area contributed by atoms with E-state index in [0.717, 1.165) is 96.3 Å². The molecule has 1 atom stereocenters. The van der Waals surface area contributed by atoms with Crippen molar-refractivity contribution in [1.29, 1.82) is 0 Å². The fourth-order valence-electron chi connectivity index (χ4n) is 6.71. The van der Waals surface area contributed by atoms with Gasteiger partial charge in [0.05, 0.1) is 0 Å². The molecule has 0 N–H and O–H groups in total. The van der Waals surface area contributed by atoms with Crippen LogP contribution < -0.4 is 0 Å². The predicted molar refractivity (Wildman–Crippen MR) is 251 cm³/mol. The number of unbranched alkanes of at least 4 members (excludes halogenated alkanes) is 25. The van der Waals surface area contributed by atoms with Gasteiger partial charge in [0.15, 0.2) is 6.10 Å². The number of hydrogen-bond donors (Lipinski definition) is 0. The molecule has 0 heterocycles. The topological polar surface area (TPSA) is 78.9 Å². The zero-order valence-corrected chi connectivity index (χ0v) is 38.8. The van der Waals surface area contributed by atoms with Crippen LogP contribution in [0.4, 0.5) is 0 Å². The van der Waals surface area contributed by atoms with Gasteiger partial charge in [0.1, 0.15) is 13.2 Å². The first-order chi connectivity index (χ1) is 29.0. The van der Waals surface area contributed by atoms with Crippen LogP contribution in [-0.4, -0.2) is 37.2 Å². The zero-order chi connectivity index (χ0) is 43.0. The maximum atomic E-state index is 12.7. The van der Waals surface area contributed by atoms with Gasteiger partial charge in [0, 0.05) is 19.3 Å². The lowest BCUT2D eigenvalue weighted by Crippen LogP contribution is -2.30. The van der Waals surface area contributed by atoms with Crippen LogP contribution >= 0.6 is 0 Å². The monoisotopic (exact) mass is 825 g/mol. The highest BCUT2D eigenvalue weighted by atomic mass is 16.6. The Bertz CT molecular complexity index is 1090. The molecule has 0 rings (SSSR count). The number of carbonyl (C=O) groups excluding carboxylic acids is 3. The van der Waals surface area contributed by atoms with Crippen LogP contribution in [0.1, 0.15) is 239 Å². The molecule has 0 aliphatic heterocycles. The molecule has 0 amide bonds. The summed E-state index contributed by atoms with van der Waals surface area (Å²) in [6, 6.07) is 0. The second-order valence-corrected chi connectivity index (χ2v) is 16.4. The quantitative estimate of drug-likeness (QED) is 0.0200. The van der Waals surface area contributed by atoms with Gasteiger partial charge in [-0.05, 0) is 89.9 Å². The molecule has 0 aromatic carbocycles. The van der Waals surface area contributed by atoms with E-state index in [4.69, 9.17) is 14.2 Å². The molecular weight excluding hydrogens is 733 g/mol. The van der Waals surface area contributed by atoms with E-state index in [-0.39, 0.29) is 31.1 Å². The first-order valence-electron chi connectivity index (χ1n) is 24.8. The van der Waals surface area contributed by atoms with Crippen LogP contribution in [0.3, 0.4) is 0 Å². The molecular formula is C53H92O6. The highest BCUT2D eigenvalue weighted by Crippen LogP contribution is 2.13. The summed E-state index contributed by atoms with van der Waals surface area (Å²) in [5, 5.41) is 0. The molecule has 0 spiro atoms. The Labute approximate surface area is 364 Å². The molecule has 6 nitrogen and oxygen atoms in total. The lowest BCUT2D eigenvalue weighted by Gasteiger charge is -2.18. The second kappa shape index (κ2) is 47.8. The number of rotatable bonds is 44. The molecule has 0 bridgehead atoms. The van der Waals surface area contributed by atoms with Gasteiger partial charge in [-0.15, -0.1) is 0 Å². The maximum Gasteiger partial charge on any atom is 0.306 e. The Morgan fingerprint density at radius 1 is 0.339 bits per heavy atom. The third-order valence-electron chi connectivity index (χ3n) is 10.5. The molecule has 59 heavy (non-hydrogen) atoms. The maximum absolute atomic E-state index is 12.7. The molecule has 0 fully saturated rings. The summed E-state index contributed by atoms with van der Waals surface area (Å²) in [5.41, 5.74) is 0. The molecule has 6 heteroatoms. The van der Waals surface area contributed by atoms with E-state index < -0.39 is 6.10 Å². The van der Waals surface area contributed by atoms with E-state index in [1.807, 2.05) is 0 Å². The molecule has 340 valence electrons. The van der Waals surface area contributed by atoms with Gasteiger partial charge < -0.3 is 14.2 Å². The Balaban J connectivity index is 4.41. The molecule has 0 aromatic rings. The average molecular weight is 825 g/mol. The summed E-state index contributed by atoms with van der Waals surface area (Å²) in [6.07, 6.45) is 57.7. The highest BCUT2D eigenvalue weighted by molar-refractivity contribution is 5.71. The Hall–Kier alpha value is -2.89. The third kappa shape index (κ3) is 46.0. The van der Waals surface area contributed by atoms with E-state index in [2.05, 4.69) is 81.5 Å². The van der Waals surface area contributed by atoms with Crippen molar-refractivity contribution >= 4 is 17.9 Å². The smallest absolute Gasteiger partial charge is 0.306 e. The SMILES string of the molecule is CCCC/C=C\CCCCCCCC(=O)OCC(COC(=O)CCCCCCC\C=C/C=C\C=C/CCCCCCC)OC(=O)CCCCCCC/C=C\CCCCC. The largest absolute Gasteiger partial charge is 0.462 e. The van der Waals surface area contributed by atoms with Crippen LogP contribution in [-0.2, 0) is 28.6 Å².